The fourth-order valence-electron chi connectivity index (χ4n) is 3.52. The van der Waals surface area contributed by atoms with Crippen LogP contribution >= 0.6 is 0 Å². The van der Waals surface area contributed by atoms with Crippen molar-refractivity contribution in [2.45, 2.75) is 32.9 Å². The molecule has 2 saturated heterocycles. The number of carbonyl (C=O) groups excluding carboxylic acids is 2. The number of carbonyl (C=O) groups is 2. The minimum absolute atomic E-state index is 0.0647. The summed E-state index contributed by atoms with van der Waals surface area (Å²) in [6, 6.07) is -0.975. The Labute approximate surface area is 141 Å². The number of sulfone groups is 1. The van der Waals surface area contributed by atoms with Crippen LogP contribution in [0.2, 0.25) is 0 Å². The van der Waals surface area contributed by atoms with Crippen molar-refractivity contribution in [1.82, 2.24) is 19.8 Å². The van der Waals surface area contributed by atoms with E-state index in [-0.39, 0.29) is 29.2 Å². The lowest BCUT2D eigenvalue weighted by Gasteiger charge is -2.44. The van der Waals surface area contributed by atoms with Crippen molar-refractivity contribution in [3.8, 4) is 0 Å². The third-order valence-electron chi connectivity index (χ3n) is 4.75. The second-order valence-corrected chi connectivity index (χ2v) is 8.93. The van der Waals surface area contributed by atoms with Crippen LogP contribution < -0.4 is 0 Å². The quantitative estimate of drug-likeness (QED) is 0.794. The van der Waals surface area contributed by atoms with Gasteiger partial charge in [0.15, 0.2) is 9.84 Å². The number of hydrogen-bond acceptors (Lipinski definition) is 5. The highest BCUT2D eigenvalue weighted by Crippen LogP contribution is 2.29. The molecular formula is C15H22N4O4S. The molecule has 0 radical (unpaired) electrons. The Morgan fingerprint density at radius 1 is 1.21 bits per heavy atom. The van der Waals surface area contributed by atoms with Crippen molar-refractivity contribution in [2.75, 3.05) is 24.6 Å². The molecule has 3 rings (SSSR count). The van der Waals surface area contributed by atoms with Gasteiger partial charge in [-0.15, -0.1) is 0 Å². The number of aromatic nitrogens is 2. The number of aryl methyl sites for hydroxylation is 1. The van der Waals surface area contributed by atoms with Gasteiger partial charge in [-0.05, 0) is 6.92 Å². The van der Waals surface area contributed by atoms with Gasteiger partial charge in [0.2, 0.25) is 5.91 Å². The number of fused-ring (bicyclic) bond motifs is 1. The van der Waals surface area contributed by atoms with Gasteiger partial charge in [0.1, 0.15) is 5.69 Å². The lowest BCUT2D eigenvalue weighted by Crippen LogP contribution is -2.62. The first kappa shape index (κ1) is 16.9. The molecule has 2 amide bonds. The maximum atomic E-state index is 12.8. The van der Waals surface area contributed by atoms with Gasteiger partial charge in [0.05, 0.1) is 29.9 Å². The van der Waals surface area contributed by atoms with Crippen molar-refractivity contribution < 1.29 is 18.0 Å². The highest BCUT2D eigenvalue weighted by Gasteiger charge is 2.50. The van der Waals surface area contributed by atoms with Gasteiger partial charge in [-0.2, -0.15) is 0 Å². The van der Waals surface area contributed by atoms with E-state index in [4.69, 9.17) is 0 Å². The lowest BCUT2D eigenvalue weighted by molar-refractivity contribution is -0.139. The molecule has 0 aromatic carbocycles. The molecule has 2 atom stereocenters. The average molecular weight is 354 g/mol. The van der Waals surface area contributed by atoms with E-state index in [0.717, 1.165) is 0 Å². The number of nitrogens with one attached hydrogen (secondary N) is 1. The Balaban J connectivity index is 1.91. The highest BCUT2D eigenvalue weighted by molar-refractivity contribution is 7.91. The minimum Gasteiger partial charge on any atom is -0.348 e. The molecule has 0 saturated carbocycles. The van der Waals surface area contributed by atoms with Crippen LogP contribution in [-0.4, -0.2) is 76.7 Å². The Kier molecular flexibility index (Phi) is 4.15. The molecule has 9 heteroatoms. The number of rotatable bonds is 2. The molecule has 1 N–H and O–H groups in total. The first-order valence-corrected chi connectivity index (χ1v) is 9.85. The number of piperazine rings is 1. The predicted molar refractivity (Wildman–Crippen MR) is 87.1 cm³/mol. The monoisotopic (exact) mass is 354 g/mol. The molecular weight excluding hydrogens is 332 g/mol. The molecule has 0 aliphatic carbocycles. The second-order valence-electron chi connectivity index (χ2n) is 6.77. The maximum absolute atomic E-state index is 12.8. The topological polar surface area (TPSA) is 103 Å². The van der Waals surface area contributed by atoms with Crippen LogP contribution in [0.25, 0.3) is 0 Å². The van der Waals surface area contributed by atoms with E-state index in [2.05, 4.69) is 9.97 Å². The summed E-state index contributed by atoms with van der Waals surface area (Å²) >= 11 is 0. The third kappa shape index (κ3) is 2.81. The molecule has 0 spiro atoms. The van der Waals surface area contributed by atoms with Crippen LogP contribution in [0.5, 0.6) is 0 Å². The van der Waals surface area contributed by atoms with Crippen LogP contribution in [0, 0.1) is 12.8 Å². The number of nitrogens with zero attached hydrogens (tertiary/aromatic N) is 3. The number of amides is 2. The van der Waals surface area contributed by atoms with E-state index in [1.165, 1.54) is 6.33 Å². The van der Waals surface area contributed by atoms with Gasteiger partial charge in [0.25, 0.3) is 5.91 Å². The lowest BCUT2D eigenvalue weighted by atomic mass is 10.0. The van der Waals surface area contributed by atoms with E-state index in [1.54, 1.807) is 30.6 Å². The van der Waals surface area contributed by atoms with Gasteiger partial charge >= 0.3 is 0 Å². The van der Waals surface area contributed by atoms with Crippen molar-refractivity contribution >= 4 is 21.7 Å². The number of imidazole rings is 1. The Morgan fingerprint density at radius 3 is 2.33 bits per heavy atom. The highest BCUT2D eigenvalue weighted by atomic mass is 32.2. The Hall–Kier alpha value is -1.90. The van der Waals surface area contributed by atoms with Gasteiger partial charge in [-0.3, -0.25) is 9.59 Å². The van der Waals surface area contributed by atoms with Crippen molar-refractivity contribution in [3.05, 3.63) is 17.7 Å². The predicted octanol–water partition coefficient (Wildman–Crippen LogP) is -0.176. The zero-order valence-electron chi connectivity index (χ0n) is 14.0. The van der Waals surface area contributed by atoms with E-state index in [0.29, 0.717) is 24.5 Å². The van der Waals surface area contributed by atoms with Gasteiger partial charge in [-0.1, -0.05) is 13.8 Å². The zero-order chi connectivity index (χ0) is 17.6. The number of aromatic amines is 1. The molecule has 2 aliphatic heterocycles. The SMILES string of the molecule is Cc1[nH]cnc1C(=O)N1CCN(C(=O)C(C)C)[C@@H]2CS(=O)(=O)C[C@@H]21. The van der Waals surface area contributed by atoms with Crippen LogP contribution in [0.1, 0.15) is 30.0 Å². The summed E-state index contributed by atoms with van der Waals surface area (Å²) in [4.78, 5) is 35.3. The van der Waals surface area contributed by atoms with E-state index in [9.17, 15) is 18.0 Å². The van der Waals surface area contributed by atoms with E-state index < -0.39 is 21.9 Å². The summed E-state index contributed by atoms with van der Waals surface area (Å²) in [5, 5.41) is 0. The van der Waals surface area contributed by atoms with Gasteiger partial charge in [0, 0.05) is 24.7 Å². The fraction of sp³-hybridized carbons (Fsp3) is 0.667. The Bertz CT molecular complexity index is 770. The molecule has 24 heavy (non-hydrogen) atoms. The normalized spacial score (nSPS) is 25.8. The summed E-state index contributed by atoms with van der Waals surface area (Å²) < 4.78 is 24.3. The van der Waals surface area contributed by atoms with Crippen LogP contribution in [0.4, 0.5) is 0 Å². The molecule has 3 heterocycles. The molecule has 2 aliphatic rings. The van der Waals surface area contributed by atoms with Crippen molar-refractivity contribution in [2.24, 2.45) is 5.92 Å². The molecule has 1 aromatic rings. The molecule has 132 valence electrons. The fourth-order valence-corrected chi connectivity index (χ4v) is 5.50. The molecule has 0 bridgehead atoms. The third-order valence-corrected chi connectivity index (χ3v) is 6.45. The van der Waals surface area contributed by atoms with E-state index >= 15 is 0 Å². The summed E-state index contributed by atoms with van der Waals surface area (Å²) in [5.41, 5.74) is 0.958. The molecule has 2 fully saturated rings. The second kappa shape index (κ2) is 5.87. The smallest absolute Gasteiger partial charge is 0.274 e. The minimum atomic E-state index is -3.28. The van der Waals surface area contributed by atoms with Crippen molar-refractivity contribution in [3.63, 3.8) is 0 Å². The van der Waals surface area contributed by atoms with Crippen molar-refractivity contribution in [1.29, 1.82) is 0 Å². The van der Waals surface area contributed by atoms with Gasteiger partial charge in [-0.25, -0.2) is 13.4 Å². The summed E-state index contributed by atoms with van der Waals surface area (Å²) in [7, 11) is -3.28. The Morgan fingerprint density at radius 2 is 1.79 bits per heavy atom. The molecule has 8 nitrogen and oxygen atoms in total. The van der Waals surface area contributed by atoms with E-state index in [1.807, 2.05) is 0 Å². The maximum Gasteiger partial charge on any atom is 0.274 e. The molecule has 0 unspecified atom stereocenters. The first-order valence-electron chi connectivity index (χ1n) is 8.03. The largest absolute Gasteiger partial charge is 0.348 e. The van der Waals surface area contributed by atoms with Crippen LogP contribution in [0.3, 0.4) is 0 Å². The standard InChI is InChI=1S/C15H22N4O4S/c1-9(2)14(20)18-4-5-19(12-7-24(22,23)6-11(12)18)15(21)13-10(3)16-8-17-13/h8-9,11-12H,4-7H2,1-3H3,(H,16,17)/t11-,12+/m1/s1. The summed E-state index contributed by atoms with van der Waals surface area (Å²) in [6.45, 7) is 6.02. The summed E-state index contributed by atoms with van der Waals surface area (Å²) in [5.74, 6) is -0.735. The van der Waals surface area contributed by atoms with Crippen LogP contribution in [0.15, 0.2) is 6.33 Å². The summed E-state index contributed by atoms with van der Waals surface area (Å²) in [6.07, 6.45) is 1.45. The van der Waals surface area contributed by atoms with Crippen LogP contribution in [-0.2, 0) is 14.6 Å². The number of H-pyrrole nitrogens is 1. The zero-order valence-corrected chi connectivity index (χ0v) is 14.8. The average Bonchev–Trinajstić information content (AvgIpc) is 3.06. The molecule has 1 aromatic heterocycles. The number of hydrogen-bond donors (Lipinski definition) is 1. The van der Waals surface area contributed by atoms with Gasteiger partial charge < -0.3 is 14.8 Å². The first-order chi connectivity index (χ1) is 11.2.